The monoisotopic (exact) mass is 237 g/mol. The molecule has 6 heteroatoms. The van der Waals surface area contributed by atoms with Crippen LogP contribution in [0, 0.1) is 0 Å². The van der Waals surface area contributed by atoms with Gasteiger partial charge >= 0.3 is 5.69 Å². The summed E-state index contributed by atoms with van der Waals surface area (Å²) in [5.74, 6) is 0. The molecule has 0 aliphatic rings. The lowest BCUT2D eigenvalue weighted by Gasteiger charge is -2.05. The quantitative estimate of drug-likeness (QED) is 0.833. The Morgan fingerprint density at radius 1 is 1.38 bits per heavy atom. The van der Waals surface area contributed by atoms with Gasteiger partial charge in [0, 0.05) is 24.7 Å². The maximum Gasteiger partial charge on any atom is 0.328 e. The molecule has 0 saturated heterocycles. The van der Waals surface area contributed by atoms with Crippen LogP contribution in [0.1, 0.15) is 5.56 Å². The van der Waals surface area contributed by atoms with Gasteiger partial charge in [-0.3, -0.25) is 19.3 Å². The SMILES string of the molecule is O=c1ccn(Cc2ccncc2Cl)c(=O)[nH]1. The van der Waals surface area contributed by atoms with E-state index < -0.39 is 11.2 Å². The molecule has 0 aliphatic carbocycles. The molecule has 0 spiro atoms. The highest BCUT2D eigenvalue weighted by Gasteiger charge is 2.02. The lowest BCUT2D eigenvalue weighted by molar-refractivity contribution is 0.720. The average molecular weight is 238 g/mol. The van der Waals surface area contributed by atoms with E-state index in [0.29, 0.717) is 11.6 Å². The third-order valence-electron chi connectivity index (χ3n) is 2.09. The molecule has 2 rings (SSSR count). The van der Waals surface area contributed by atoms with Gasteiger partial charge in [-0.25, -0.2) is 4.79 Å². The number of H-pyrrole nitrogens is 1. The first-order valence-corrected chi connectivity index (χ1v) is 4.93. The maximum atomic E-state index is 11.4. The minimum Gasteiger partial charge on any atom is -0.296 e. The van der Waals surface area contributed by atoms with E-state index in [-0.39, 0.29) is 0 Å². The first-order valence-electron chi connectivity index (χ1n) is 4.55. The Morgan fingerprint density at radius 2 is 2.19 bits per heavy atom. The predicted molar refractivity (Wildman–Crippen MR) is 59.7 cm³/mol. The molecule has 1 N–H and O–H groups in total. The highest BCUT2D eigenvalue weighted by molar-refractivity contribution is 6.31. The summed E-state index contributed by atoms with van der Waals surface area (Å²) in [4.78, 5) is 28.3. The summed E-state index contributed by atoms with van der Waals surface area (Å²) < 4.78 is 1.36. The van der Waals surface area contributed by atoms with Crippen molar-refractivity contribution in [1.82, 2.24) is 14.5 Å². The summed E-state index contributed by atoms with van der Waals surface area (Å²) in [6.07, 6.45) is 4.53. The summed E-state index contributed by atoms with van der Waals surface area (Å²) in [7, 11) is 0. The summed E-state index contributed by atoms with van der Waals surface area (Å²) in [6.45, 7) is 0.303. The van der Waals surface area contributed by atoms with Crippen molar-refractivity contribution < 1.29 is 0 Å². The summed E-state index contributed by atoms with van der Waals surface area (Å²) in [6, 6.07) is 3.01. The third-order valence-corrected chi connectivity index (χ3v) is 2.43. The maximum absolute atomic E-state index is 11.4. The number of nitrogens with zero attached hydrogens (tertiary/aromatic N) is 2. The lowest BCUT2D eigenvalue weighted by atomic mass is 10.2. The van der Waals surface area contributed by atoms with E-state index in [1.165, 1.54) is 23.0 Å². The third kappa shape index (κ3) is 2.20. The van der Waals surface area contributed by atoms with Crippen molar-refractivity contribution in [1.29, 1.82) is 0 Å². The van der Waals surface area contributed by atoms with E-state index in [1.54, 1.807) is 12.3 Å². The minimum atomic E-state index is -0.458. The highest BCUT2D eigenvalue weighted by Crippen LogP contribution is 2.13. The van der Waals surface area contributed by atoms with Gasteiger partial charge in [-0.05, 0) is 11.6 Å². The molecule has 0 unspecified atom stereocenters. The molecule has 82 valence electrons. The largest absolute Gasteiger partial charge is 0.328 e. The molecule has 5 nitrogen and oxygen atoms in total. The zero-order valence-corrected chi connectivity index (χ0v) is 8.94. The Morgan fingerprint density at radius 3 is 2.88 bits per heavy atom. The first-order chi connectivity index (χ1) is 7.66. The molecule has 16 heavy (non-hydrogen) atoms. The summed E-state index contributed by atoms with van der Waals surface area (Å²) in [5.41, 5.74) is -0.103. The van der Waals surface area contributed by atoms with Gasteiger partial charge in [-0.1, -0.05) is 11.6 Å². The molecule has 0 aromatic carbocycles. The van der Waals surface area contributed by atoms with Crippen molar-refractivity contribution >= 4 is 11.6 Å². The topological polar surface area (TPSA) is 67.8 Å². The molecule has 0 bridgehead atoms. The Kier molecular flexibility index (Phi) is 2.87. The van der Waals surface area contributed by atoms with Crippen LogP contribution in [0.25, 0.3) is 0 Å². The number of nitrogens with one attached hydrogen (secondary N) is 1. The zero-order chi connectivity index (χ0) is 11.5. The zero-order valence-electron chi connectivity index (χ0n) is 8.18. The molecule has 0 fully saturated rings. The normalized spacial score (nSPS) is 10.3. The second-order valence-corrected chi connectivity index (χ2v) is 3.61. The number of pyridine rings is 1. The van der Waals surface area contributed by atoms with Crippen LogP contribution < -0.4 is 11.2 Å². The number of hydrogen-bond donors (Lipinski definition) is 1. The minimum absolute atomic E-state index is 0.303. The van der Waals surface area contributed by atoms with Crippen molar-refractivity contribution in [2.24, 2.45) is 0 Å². The van der Waals surface area contributed by atoms with Gasteiger partial charge in [0.15, 0.2) is 0 Å². The van der Waals surface area contributed by atoms with Crippen molar-refractivity contribution in [3.63, 3.8) is 0 Å². The van der Waals surface area contributed by atoms with Crippen molar-refractivity contribution in [2.45, 2.75) is 6.54 Å². The number of aromatic amines is 1. The standard InChI is InChI=1S/C10H8ClN3O2/c11-8-5-12-3-1-7(8)6-14-4-2-9(15)13-10(14)16/h1-5H,6H2,(H,13,15,16). The Hall–Kier alpha value is -1.88. The van der Waals surface area contributed by atoms with Crippen LogP contribution in [0.5, 0.6) is 0 Å². The second-order valence-electron chi connectivity index (χ2n) is 3.21. The van der Waals surface area contributed by atoms with E-state index in [4.69, 9.17) is 11.6 Å². The van der Waals surface area contributed by atoms with Crippen molar-refractivity contribution in [3.8, 4) is 0 Å². The van der Waals surface area contributed by atoms with Crippen LogP contribution in [-0.4, -0.2) is 14.5 Å². The van der Waals surface area contributed by atoms with E-state index >= 15 is 0 Å². The average Bonchev–Trinajstić information content (AvgIpc) is 2.25. The fourth-order valence-electron chi connectivity index (χ4n) is 1.28. The highest BCUT2D eigenvalue weighted by atomic mass is 35.5. The molecule has 0 saturated carbocycles. The molecular formula is C10H8ClN3O2. The van der Waals surface area contributed by atoms with Gasteiger partial charge in [0.1, 0.15) is 0 Å². The molecule has 2 heterocycles. The molecule has 0 radical (unpaired) electrons. The van der Waals surface area contributed by atoms with Crippen molar-refractivity contribution in [3.05, 3.63) is 62.1 Å². The van der Waals surface area contributed by atoms with Crippen LogP contribution in [0.3, 0.4) is 0 Å². The fourth-order valence-corrected chi connectivity index (χ4v) is 1.46. The predicted octanol–water partition coefficient (Wildman–Crippen LogP) is 0.633. The summed E-state index contributed by atoms with van der Waals surface area (Å²) >= 11 is 5.91. The number of hydrogen-bond acceptors (Lipinski definition) is 3. The Bertz CT molecular complexity index is 618. The number of halogens is 1. The molecular weight excluding hydrogens is 230 g/mol. The van der Waals surface area contributed by atoms with Crippen LogP contribution in [0.2, 0.25) is 5.02 Å². The van der Waals surface area contributed by atoms with Crippen molar-refractivity contribution in [2.75, 3.05) is 0 Å². The van der Waals surface area contributed by atoms with E-state index in [1.807, 2.05) is 0 Å². The van der Waals surface area contributed by atoms with Crippen LogP contribution in [0.15, 0.2) is 40.3 Å². The molecule has 0 atom stereocenters. The number of rotatable bonds is 2. The fraction of sp³-hybridized carbons (Fsp3) is 0.100. The van der Waals surface area contributed by atoms with Crippen LogP contribution >= 0.6 is 11.6 Å². The van der Waals surface area contributed by atoms with Gasteiger partial charge in [-0.15, -0.1) is 0 Å². The second kappa shape index (κ2) is 4.32. The summed E-state index contributed by atoms with van der Waals surface area (Å²) in [5, 5.41) is 0.487. The Labute approximate surface area is 95.3 Å². The Balaban J connectivity index is 2.38. The molecule has 0 amide bonds. The molecule has 2 aromatic heterocycles. The molecule has 0 aliphatic heterocycles. The number of aromatic nitrogens is 3. The van der Waals surface area contributed by atoms with Gasteiger partial charge in [0.25, 0.3) is 5.56 Å². The van der Waals surface area contributed by atoms with Gasteiger partial charge in [0.05, 0.1) is 11.6 Å². The van der Waals surface area contributed by atoms with Gasteiger partial charge < -0.3 is 0 Å². The van der Waals surface area contributed by atoms with E-state index in [9.17, 15) is 9.59 Å². The van der Waals surface area contributed by atoms with E-state index in [0.717, 1.165) is 5.56 Å². The van der Waals surface area contributed by atoms with Gasteiger partial charge in [0.2, 0.25) is 0 Å². The first kappa shape index (κ1) is 10.6. The molecule has 2 aromatic rings. The smallest absolute Gasteiger partial charge is 0.296 e. The van der Waals surface area contributed by atoms with Crippen LogP contribution in [0.4, 0.5) is 0 Å². The lowest BCUT2D eigenvalue weighted by Crippen LogP contribution is -2.28. The van der Waals surface area contributed by atoms with Crippen LogP contribution in [-0.2, 0) is 6.54 Å². The van der Waals surface area contributed by atoms with E-state index in [2.05, 4.69) is 9.97 Å². The van der Waals surface area contributed by atoms with Gasteiger partial charge in [-0.2, -0.15) is 0 Å².